The molecule has 6 heteroatoms. The normalized spacial score (nSPS) is 12.0. The molecule has 1 aromatic carbocycles. The second-order valence-corrected chi connectivity index (χ2v) is 5.85. The number of carbonyl (C=O) groups is 2. The van der Waals surface area contributed by atoms with Crippen molar-refractivity contribution in [2.75, 3.05) is 17.7 Å². The zero-order valence-electron chi connectivity index (χ0n) is 14.4. The van der Waals surface area contributed by atoms with Crippen molar-refractivity contribution < 1.29 is 14.0 Å². The molecule has 1 aromatic heterocycles. The van der Waals surface area contributed by atoms with Crippen LogP contribution in [0.1, 0.15) is 25.4 Å². The maximum Gasteiger partial charge on any atom is 0.241 e. The number of amides is 2. The van der Waals surface area contributed by atoms with Gasteiger partial charge in [0.15, 0.2) is 0 Å². The Kier molecular flexibility index (Phi) is 5.76. The van der Waals surface area contributed by atoms with Crippen molar-refractivity contribution in [1.82, 2.24) is 4.90 Å². The van der Waals surface area contributed by atoms with Crippen molar-refractivity contribution in [3.63, 3.8) is 0 Å². The van der Waals surface area contributed by atoms with Crippen LogP contribution < -0.4 is 10.6 Å². The molecule has 128 valence electrons. The fourth-order valence-corrected chi connectivity index (χ4v) is 2.24. The van der Waals surface area contributed by atoms with E-state index in [1.165, 1.54) is 6.92 Å². The van der Waals surface area contributed by atoms with E-state index in [2.05, 4.69) is 10.6 Å². The summed E-state index contributed by atoms with van der Waals surface area (Å²) in [4.78, 5) is 25.3. The first kappa shape index (κ1) is 17.7. The standard InChI is InChI=1S/C18H23N3O3/c1-12-5-10-17(24-12)11-21(4)13(2)18(23)20-16-8-6-15(7-9-16)19-14(3)22/h5-10,13H,11H2,1-4H3,(H,19,22)(H,20,23)/t13-/m0/s1. The minimum atomic E-state index is -0.314. The lowest BCUT2D eigenvalue weighted by Gasteiger charge is -2.23. The van der Waals surface area contributed by atoms with Gasteiger partial charge in [-0.1, -0.05) is 0 Å². The van der Waals surface area contributed by atoms with Crippen LogP contribution in [0.5, 0.6) is 0 Å². The molecule has 0 fully saturated rings. The van der Waals surface area contributed by atoms with Gasteiger partial charge in [0.05, 0.1) is 12.6 Å². The Labute approximate surface area is 141 Å². The molecule has 0 radical (unpaired) electrons. The zero-order valence-corrected chi connectivity index (χ0v) is 14.4. The third-order valence-corrected chi connectivity index (χ3v) is 3.71. The summed E-state index contributed by atoms with van der Waals surface area (Å²) in [6.07, 6.45) is 0. The first-order valence-corrected chi connectivity index (χ1v) is 7.79. The summed E-state index contributed by atoms with van der Waals surface area (Å²) in [7, 11) is 1.88. The molecule has 1 heterocycles. The third-order valence-electron chi connectivity index (χ3n) is 3.71. The van der Waals surface area contributed by atoms with Gasteiger partial charge in [0, 0.05) is 18.3 Å². The van der Waals surface area contributed by atoms with Crippen molar-refractivity contribution in [2.24, 2.45) is 0 Å². The SMILES string of the molecule is CC(=O)Nc1ccc(NC(=O)[C@H](C)N(C)Cc2ccc(C)o2)cc1. The molecule has 2 amide bonds. The molecule has 1 atom stereocenters. The Bertz CT molecular complexity index is 707. The summed E-state index contributed by atoms with van der Waals surface area (Å²) >= 11 is 0. The molecule has 2 rings (SSSR count). The molecule has 0 unspecified atom stereocenters. The number of furan rings is 1. The average molecular weight is 329 g/mol. The first-order chi connectivity index (χ1) is 11.3. The van der Waals surface area contributed by atoms with Gasteiger partial charge in [0.1, 0.15) is 11.5 Å². The van der Waals surface area contributed by atoms with Gasteiger partial charge in [0.2, 0.25) is 11.8 Å². The number of hydrogen-bond donors (Lipinski definition) is 2. The summed E-state index contributed by atoms with van der Waals surface area (Å²) in [6.45, 7) is 5.75. The van der Waals surface area contributed by atoms with Gasteiger partial charge in [-0.05, 0) is 57.3 Å². The van der Waals surface area contributed by atoms with E-state index in [1.807, 2.05) is 37.9 Å². The van der Waals surface area contributed by atoms with E-state index < -0.39 is 0 Å². The molecule has 24 heavy (non-hydrogen) atoms. The maximum absolute atomic E-state index is 12.4. The van der Waals surface area contributed by atoms with Crippen molar-refractivity contribution in [3.05, 3.63) is 47.9 Å². The lowest BCUT2D eigenvalue weighted by atomic mass is 10.2. The van der Waals surface area contributed by atoms with Gasteiger partial charge >= 0.3 is 0 Å². The highest BCUT2D eigenvalue weighted by atomic mass is 16.3. The van der Waals surface area contributed by atoms with Crippen LogP contribution in [0.25, 0.3) is 0 Å². The van der Waals surface area contributed by atoms with E-state index in [0.29, 0.717) is 17.9 Å². The van der Waals surface area contributed by atoms with Crippen LogP contribution >= 0.6 is 0 Å². The molecular formula is C18H23N3O3. The number of nitrogens with one attached hydrogen (secondary N) is 2. The minimum Gasteiger partial charge on any atom is -0.465 e. The van der Waals surface area contributed by atoms with E-state index in [4.69, 9.17) is 4.42 Å². The summed E-state index contributed by atoms with van der Waals surface area (Å²) in [6, 6.07) is 10.5. The number of benzene rings is 1. The summed E-state index contributed by atoms with van der Waals surface area (Å²) < 4.78 is 5.54. The number of hydrogen-bond acceptors (Lipinski definition) is 4. The Balaban J connectivity index is 1.91. The van der Waals surface area contributed by atoms with Gasteiger partial charge in [-0.25, -0.2) is 0 Å². The summed E-state index contributed by atoms with van der Waals surface area (Å²) in [5, 5.41) is 5.56. The van der Waals surface area contributed by atoms with E-state index in [-0.39, 0.29) is 17.9 Å². The maximum atomic E-state index is 12.4. The van der Waals surface area contributed by atoms with E-state index >= 15 is 0 Å². The molecule has 0 aliphatic heterocycles. The zero-order chi connectivity index (χ0) is 17.7. The predicted molar refractivity (Wildman–Crippen MR) is 93.7 cm³/mol. The number of anilines is 2. The van der Waals surface area contributed by atoms with Gasteiger partial charge in [-0.3, -0.25) is 14.5 Å². The van der Waals surface area contributed by atoms with Crippen molar-refractivity contribution in [3.8, 4) is 0 Å². The summed E-state index contributed by atoms with van der Waals surface area (Å²) in [5.74, 6) is 1.45. The fourth-order valence-electron chi connectivity index (χ4n) is 2.24. The lowest BCUT2D eigenvalue weighted by molar-refractivity contribution is -0.120. The number of rotatable bonds is 6. The molecule has 0 saturated heterocycles. The van der Waals surface area contributed by atoms with Crippen LogP contribution in [0, 0.1) is 6.92 Å². The molecule has 6 nitrogen and oxygen atoms in total. The van der Waals surface area contributed by atoms with Crippen LogP contribution in [-0.4, -0.2) is 29.8 Å². The molecule has 0 saturated carbocycles. The fraction of sp³-hybridized carbons (Fsp3) is 0.333. The second-order valence-electron chi connectivity index (χ2n) is 5.85. The van der Waals surface area contributed by atoms with Crippen molar-refractivity contribution >= 4 is 23.2 Å². The molecular weight excluding hydrogens is 306 g/mol. The van der Waals surface area contributed by atoms with Gasteiger partial charge < -0.3 is 15.1 Å². The van der Waals surface area contributed by atoms with Crippen LogP contribution in [0.3, 0.4) is 0 Å². The van der Waals surface area contributed by atoms with Crippen LogP contribution in [0.15, 0.2) is 40.8 Å². The number of carbonyl (C=O) groups excluding carboxylic acids is 2. The van der Waals surface area contributed by atoms with Gasteiger partial charge in [-0.15, -0.1) is 0 Å². The first-order valence-electron chi connectivity index (χ1n) is 7.79. The smallest absolute Gasteiger partial charge is 0.241 e. The minimum absolute atomic E-state index is 0.104. The van der Waals surface area contributed by atoms with E-state index in [9.17, 15) is 9.59 Å². The van der Waals surface area contributed by atoms with Gasteiger partial charge in [-0.2, -0.15) is 0 Å². The highest BCUT2D eigenvalue weighted by Crippen LogP contribution is 2.15. The van der Waals surface area contributed by atoms with Crippen molar-refractivity contribution in [1.29, 1.82) is 0 Å². The van der Waals surface area contributed by atoms with E-state index in [1.54, 1.807) is 24.3 Å². The van der Waals surface area contributed by atoms with Crippen LogP contribution in [0.4, 0.5) is 11.4 Å². The Morgan fingerprint density at radius 1 is 1.08 bits per heavy atom. The van der Waals surface area contributed by atoms with Gasteiger partial charge in [0.25, 0.3) is 0 Å². The number of nitrogens with zero attached hydrogens (tertiary/aromatic N) is 1. The second kappa shape index (κ2) is 7.79. The molecule has 2 aromatic rings. The monoisotopic (exact) mass is 329 g/mol. The number of likely N-dealkylation sites (N-methyl/N-ethyl adjacent to an activating group) is 1. The predicted octanol–water partition coefficient (Wildman–Crippen LogP) is 3.01. The Morgan fingerprint density at radius 2 is 1.67 bits per heavy atom. The summed E-state index contributed by atoms with van der Waals surface area (Å²) in [5.41, 5.74) is 1.38. The van der Waals surface area contributed by atoms with Crippen LogP contribution in [0.2, 0.25) is 0 Å². The molecule has 0 aliphatic rings. The van der Waals surface area contributed by atoms with Crippen molar-refractivity contribution in [2.45, 2.75) is 33.4 Å². The molecule has 0 bridgehead atoms. The van der Waals surface area contributed by atoms with E-state index in [0.717, 1.165) is 11.5 Å². The van der Waals surface area contributed by atoms with Crippen LogP contribution in [-0.2, 0) is 16.1 Å². The Hall–Kier alpha value is -2.60. The quantitative estimate of drug-likeness (QED) is 0.854. The largest absolute Gasteiger partial charge is 0.465 e. The highest BCUT2D eigenvalue weighted by molar-refractivity contribution is 5.95. The Morgan fingerprint density at radius 3 is 2.17 bits per heavy atom. The molecule has 2 N–H and O–H groups in total. The molecule has 0 spiro atoms. The lowest BCUT2D eigenvalue weighted by Crippen LogP contribution is -2.39. The molecule has 0 aliphatic carbocycles. The highest BCUT2D eigenvalue weighted by Gasteiger charge is 2.19. The third kappa shape index (κ3) is 4.96. The average Bonchev–Trinajstić information content (AvgIpc) is 2.93. The number of aryl methyl sites for hydroxylation is 1. The topological polar surface area (TPSA) is 74.6 Å².